The second-order valence-corrected chi connectivity index (χ2v) is 9.47. The average Bonchev–Trinajstić information content (AvgIpc) is 2.80. The van der Waals surface area contributed by atoms with Crippen LogP contribution in [0, 0.1) is 5.92 Å². The van der Waals surface area contributed by atoms with Crippen molar-refractivity contribution < 1.29 is 9.59 Å². The molecular weight excluding hydrogens is 392 g/mol. The molecule has 0 bridgehead atoms. The number of likely N-dealkylation sites (tertiary alicyclic amines) is 2. The number of rotatable bonds is 6. The number of thioether (sulfide) groups is 1. The molecule has 4 rings (SSSR count). The van der Waals surface area contributed by atoms with Crippen LogP contribution in [-0.4, -0.2) is 47.8 Å². The highest BCUT2D eigenvalue weighted by Crippen LogP contribution is 2.37. The van der Waals surface area contributed by atoms with Crippen molar-refractivity contribution in [1.29, 1.82) is 0 Å². The molecule has 2 aliphatic heterocycles. The van der Waals surface area contributed by atoms with Crippen LogP contribution in [0.5, 0.6) is 0 Å². The zero-order chi connectivity index (χ0) is 20.8. The minimum absolute atomic E-state index is 0.197. The van der Waals surface area contributed by atoms with E-state index in [1.54, 1.807) is 11.8 Å². The molecule has 0 radical (unpaired) electrons. The Morgan fingerprint density at radius 3 is 2.27 bits per heavy atom. The predicted octanol–water partition coefficient (Wildman–Crippen LogP) is 4.77. The van der Waals surface area contributed by atoms with E-state index in [1.165, 1.54) is 0 Å². The van der Waals surface area contributed by atoms with Crippen molar-refractivity contribution in [2.75, 3.05) is 26.2 Å². The van der Waals surface area contributed by atoms with Gasteiger partial charge in [0.25, 0.3) is 0 Å². The lowest BCUT2D eigenvalue weighted by Crippen LogP contribution is -2.45. The Hall–Kier alpha value is -2.27. The summed E-state index contributed by atoms with van der Waals surface area (Å²) in [5, 5.41) is -0.228. The van der Waals surface area contributed by atoms with Crippen LogP contribution >= 0.6 is 11.8 Å². The van der Waals surface area contributed by atoms with Crippen molar-refractivity contribution in [3.63, 3.8) is 0 Å². The molecule has 0 aromatic heterocycles. The Bertz CT molecular complexity index is 835. The molecule has 2 aromatic carbocycles. The number of carbonyl (C=O) groups excluding carboxylic acids is 2. The van der Waals surface area contributed by atoms with Crippen molar-refractivity contribution in [3.8, 4) is 0 Å². The molecule has 0 spiro atoms. The number of amides is 2. The second kappa shape index (κ2) is 10.2. The van der Waals surface area contributed by atoms with E-state index in [-0.39, 0.29) is 11.2 Å². The van der Waals surface area contributed by atoms with Crippen LogP contribution in [0.4, 0.5) is 0 Å². The lowest BCUT2D eigenvalue weighted by atomic mass is 9.94. The average molecular weight is 423 g/mol. The Balaban J connectivity index is 1.39. The largest absolute Gasteiger partial charge is 0.342 e. The number of hydrogen-bond acceptors (Lipinski definition) is 3. The van der Waals surface area contributed by atoms with Crippen molar-refractivity contribution in [2.45, 2.75) is 42.2 Å². The van der Waals surface area contributed by atoms with Crippen LogP contribution < -0.4 is 0 Å². The van der Waals surface area contributed by atoms with Crippen molar-refractivity contribution in [3.05, 3.63) is 66.2 Å². The van der Waals surface area contributed by atoms with Crippen molar-refractivity contribution in [1.82, 2.24) is 9.80 Å². The quantitative estimate of drug-likeness (QED) is 0.630. The van der Waals surface area contributed by atoms with Gasteiger partial charge >= 0.3 is 0 Å². The van der Waals surface area contributed by atoms with Gasteiger partial charge in [-0.25, -0.2) is 0 Å². The molecule has 1 atom stereocenters. The standard InChI is InChI=1S/C25H30N2O2S/c28-23-13-7-8-16-27(23)19-20-14-17-26(18-15-20)25(29)24(21-9-3-1-4-10-21)30-22-11-5-2-6-12-22/h1-6,9-12,20,24H,7-8,13-19H2. The van der Waals surface area contributed by atoms with Crippen molar-refractivity contribution in [2.24, 2.45) is 5.92 Å². The fourth-order valence-electron chi connectivity index (χ4n) is 4.39. The van der Waals surface area contributed by atoms with Crippen LogP contribution in [0.3, 0.4) is 0 Å². The van der Waals surface area contributed by atoms with Gasteiger partial charge in [-0.05, 0) is 49.3 Å². The Morgan fingerprint density at radius 2 is 1.60 bits per heavy atom. The lowest BCUT2D eigenvalue weighted by Gasteiger charge is -2.37. The molecule has 2 saturated heterocycles. The Morgan fingerprint density at radius 1 is 0.933 bits per heavy atom. The molecule has 4 nitrogen and oxygen atoms in total. The number of benzene rings is 2. The van der Waals surface area contributed by atoms with E-state index < -0.39 is 0 Å². The molecular formula is C25H30N2O2S. The van der Waals surface area contributed by atoms with Gasteiger partial charge in [-0.1, -0.05) is 48.5 Å². The summed E-state index contributed by atoms with van der Waals surface area (Å²) in [6.45, 7) is 3.33. The molecule has 1 unspecified atom stereocenters. The molecule has 2 heterocycles. The van der Waals surface area contributed by atoms with Crippen LogP contribution in [0.1, 0.15) is 42.9 Å². The van der Waals surface area contributed by atoms with Gasteiger partial charge in [0.2, 0.25) is 11.8 Å². The van der Waals surface area contributed by atoms with Gasteiger partial charge < -0.3 is 9.80 Å². The highest BCUT2D eigenvalue weighted by Gasteiger charge is 2.31. The summed E-state index contributed by atoms with van der Waals surface area (Å²) in [4.78, 5) is 30.8. The molecule has 0 saturated carbocycles. The maximum Gasteiger partial charge on any atom is 0.240 e. The molecule has 30 heavy (non-hydrogen) atoms. The zero-order valence-corrected chi connectivity index (χ0v) is 18.2. The maximum atomic E-state index is 13.5. The smallest absolute Gasteiger partial charge is 0.240 e. The summed E-state index contributed by atoms with van der Waals surface area (Å²) in [5.41, 5.74) is 1.05. The van der Waals surface area contributed by atoms with Gasteiger partial charge in [-0.2, -0.15) is 0 Å². The van der Waals surface area contributed by atoms with Gasteiger partial charge in [0, 0.05) is 37.5 Å². The first-order valence-electron chi connectivity index (χ1n) is 11.0. The summed E-state index contributed by atoms with van der Waals surface area (Å²) in [6, 6.07) is 20.3. The molecule has 5 heteroatoms. The Labute approximate surface area is 183 Å². The third-order valence-electron chi connectivity index (χ3n) is 6.15. The third kappa shape index (κ3) is 5.25. The van der Waals surface area contributed by atoms with Crippen LogP contribution in [0.25, 0.3) is 0 Å². The Kier molecular flexibility index (Phi) is 7.11. The molecule has 2 fully saturated rings. The highest BCUT2D eigenvalue weighted by molar-refractivity contribution is 8.00. The maximum absolute atomic E-state index is 13.5. The van der Waals surface area contributed by atoms with E-state index >= 15 is 0 Å². The van der Waals surface area contributed by atoms with Crippen LogP contribution in [0.15, 0.2) is 65.6 Å². The summed E-state index contributed by atoms with van der Waals surface area (Å²) in [5.74, 6) is 1.01. The fourth-order valence-corrected chi connectivity index (χ4v) is 5.52. The summed E-state index contributed by atoms with van der Waals surface area (Å²) in [6.07, 6.45) is 4.81. The monoisotopic (exact) mass is 422 g/mol. The summed E-state index contributed by atoms with van der Waals surface area (Å²) >= 11 is 1.63. The SMILES string of the molecule is O=C1CCCCN1CC1CCN(C(=O)C(Sc2ccccc2)c2ccccc2)CC1. The molecule has 2 aliphatic rings. The first-order valence-corrected chi connectivity index (χ1v) is 11.9. The van der Waals surface area contributed by atoms with E-state index in [9.17, 15) is 9.59 Å². The number of nitrogens with zero attached hydrogens (tertiary/aromatic N) is 2. The molecule has 0 aliphatic carbocycles. The molecule has 2 amide bonds. The van der Waals surface area contributed by atoms with Gasteiger partial charge in [-0.3, -0.25) is 9.59 Å². The minimum Gasteiger partial charge on any atom is -0.342 e. The predicted molar refractivity (Wildman–Crippen MR) is 121 cm³/mol. The number of carbonyl (C=O) groups is 2. The van der Waals surface area contributed by atoms with Gasteiger partial charge in [-0.15, -0.1) is 11.8 Å². The fraction of sp³-hybridized carbons (Fsp3) is 0.440. The lowest BCUT2D eigenvalue weighted by molar-refractivity contribution is -0.136. The molecule has 158 valence electrons. The minimum atomic E-state index is -0.228. The first-order chi connectivity index (χ1) is 14.7. The number of hydrogen-bond donors (Lipinski definition) is 0. The van der Waals surface area contributed by atoms with Gasteiger partial charge in [0.1, 0.15) is 5.25 Å². The highest BCUT2D eigenvalue weighted by atomic mass is 32.2. The second-order valence-electron chi connectivity index (χ2n) is 8.29. The van der Waals surface area contributed by atoms with Crippen LogP contribution in [-0.2, 0) is 9.59 Å². The van der Waals surface area contributed by atoms with Crippen molar-refractivity contribution >= 4 is 23.6 Å². The van der Waals surface area contributed by atoms with E-state index in [0.29, 0.717) is 18.2 Å². The zero-order valence-electron chi connectivity index (χ0n) is 17.4. The van der Waals surface area contributed by atoms with E-state index in [4.69, 9.17) is 0 Å². The molecule has 2 aromatic rings. The van der Waals surface area contributed by atoms with Gasteiger partial charge in [0.05, 0.1) is 0 Å². The summed E-state index contributed by atoms with van der Waals surface area (Å²) < 4.78 is 0. The number of piperidine rings is 2. The normalized spacial score (nSPS) is 19.0. The molecule has 0 N–H and O–H groups in total. The topological polar surface area (TPSA) is 40.6 Å². The van der Waals surface area contributed by atoms with Crippen LogP contribution in [0.2, 0.25) is 0 Å². The van der Waals surface area contributed by atoms with E-state index in [0.717, 1.165) is 62.3 Å². The first kappa shape index (κ1) is 21.0. The van der Waals surface area contributed by atoms with E-state index in [1.807, 2.05) is 58.3 Å². The summed E-state index contributed by atoms with van der Waals surface area (Å²) in [7, 11) is 0. The van der Waals surface area contributed by atoms with Gasteiger partial charge in [0.15, 0.2) is 0 Å². The third-order valence-corrected chi connectivity index (χ3v) is 7.40. The van der Waals surface area contributed by atoms with E-state index in [2.05, 4.69) is 12.1 Å².